The molecule has 0 radical (unpaired) electrons. The van der Waals surface area contributed by atoms with Crippen LogP contribution >= 0.6 is 0 Å². The van der Waals surface area contributed by atoms with E-state index in [9.17, 15) is 9.90 Å². The lowest BCUT2D eigenvalue weighted by Crippen LogP contribution is -2.17. The zero-order chi connectivity index (χ0) is 15.7. The average Bonchev–Trinajstić information content (AvgIpc) is 2.89. The Kier molecular flexibility index (Phi) is 3.70. The normalized spacial score (nSPS) is 14.5. The van der Waals surface area contributed by atoms with Gasteiger partial charge < -0.3 is 14.6 Å². The molecule has 1 saturated carbocycles. The molecule has 0 unspecified atom stereocenters. The van der Waals surface area contributed by atoms with E-state index in [4.69, 9.17) is 9.47 Å². The number of carbonyl (C=O) groups is 1. The fourth-order valence-corrected chi connectivity index (χ4v) is 2.63. The molecule has 0 amide bonds. The van der Waals surface area contributed by atoms with Gasteiger partial charge in [-0.3, -0.25) is 0 Å². The second-order valence-corrected chi connectivity index (χ2v) is 5.21. The first-order valence-electron chi connectivity index (χ1n) is 7.07. The topological polar surface area (TPSA) is 86.5 Å². The van der Waals surface area contributed by atoms with E-state index in [0.29, 0.717) is 22.9 Å². The molecule has 7 nitrogen and oxygen atoms in total. The minimum atomic E-state index is -1.05. The zero-order valence-electron chi connectivity index (χ0n) is 12.4. The number of hydrogen-bond donors (Lipinski definition) is 1. The van der Waals surface area contributed by atoms with E-state index in [1.54, 1.807) is 37.1 Å². The van der Waals surface area contributed by atoms with E-state index in [-0.39, 0.29) is 11.6 Å². The van der Waals surface area contributed by atoms with Crippen molar-refractivity contribution in [2.45, 2.75) is 25.2 Å². The highest BCUT2D eigenvalue weighted by Crippen LogP contribution is 2.39. The minimum absolute atomic E-state index is 0.0163. The van der Waals surface area contributed by atoms with Crippen LogP contribution in [-0.4, -0.2) is 40.3 Å². The fourth-order valence-electron chi connectivity index (χ4n) is 2.63. The minimum Gasteiger partial charge on any atom is -0.497 e. The summed E-state index contributed by atoms with van der Waals surface area (Å²) in [6.45, 7) is 0. The van der Waals surface area contributed by atoms with Crippen LogP contribution in [0, 0.1) is 0 Å². The number of carboxylic acids is 1. The van der Waals surface area contributed by atoms with E-state index in [2.05, 4.69) is 10.3 Å². The molecule has 0 saturated heterocycles. The number of aromatic nitrogens is 3. The Morgan fingerprint density at radius 2 is 2.09 bits per heavy atom. The van der Waals surface area contributed by atoms with Gasteiger partial charge in [-0.2, -0.15) is 0 Å². The van der Waals surface area contributed by atoms with E-state index in [1.807, 2.05) is 0 Å². The molecule has 116 valence electrons. The maximum atomic E-state index is 11.4. The van der Waals surface area contributed by atoms with E-state index in [0.717, 1.165) is 19.3 Å². The monoisotopic (exact) mass is 303 g/mol. The molecule has 0 bridgehead atoms. The number of methoxy groups -OCH3 is 2. The van der Waals surface area contributed by atoms with Gasteiger partial charge in [-0.25, -0.2) is 9.48 Å². The van der Waals surface area contributed by atoms with Gasteiger partial charge in [0.05, 0.1) is 19.9 Å². The summed E-state index contributed by atoms with van der Waals surface area (Å²) < 4.78 is 12.1. The highest BCUT2D eigenvalue weighted by molar-refractivity contribution is 5.87. The molecule has 1 aromatic carbocycles. The predicted octanol–water partition coefficient (Wildman–Crippen LogP) is 2.25. The summed E-state index contributed by atoms with van der Waals surface area (Å²) >= 11 is 0. The molecule has 0 atom stereocenters. The Balaban J connectivity index is 2.14. The van der Waals surface area contributed by atoms with Crippen molar-refractivity contribution in [2.75, 3.05) is 14.2 Å². The third kappa shape index (κ3) is 2.28. The Morgan fingerprint density at radius 1 is 1.32 bits per heavy atom. The number of carboxylic acid groups (broad SMARTS) is 1. The summed E-state index contributed by atoms with van der Waals surface area (Å²) in [5.74, 6) is 0.333. The maximum absolute atomic E-state index is 11.4. The Bertz CT molecular complexity index is 707. The second-order valence-electron chi connectivity index (χ2n) is 5.21. The third-order valence-corrected chi connectivity index (χ3v) is 4.01. The van der Waals surface area contributed by atoms with Crippen LogP contribution < -0.4 is 9.47 Å². The zero-order valence-corrected chi connectivity index (χ0v) is 12.4. The molecule has 2 aromatic rings. The molecule has 1 fully saturated rings. The Hall–Kier alpha value is -2.57. The van der Waals surface area contributed by atoms with Crippen molar-refractivity contribution in [3.05, 3.63) is 29.6 Å². The van der Waals surface area contributed by atoms with Crippen LogP contribution in [0.3, 0.4) is 0 Å². The number of nitrogens with zero attached hydrogens (tertiary/aromatic N) is 3. The molecule has 1 heterocycles. The second kappa shape index (κ2) is 5.67. The van der Waals surface area contributed by atoms with Crippen molar-refractivity contribution in [3.8, 4) is 17.2 Å². The SMILES string of the molecule is COc1ccc(-n2nnc(C(=O)O)c2C2CCC2)c(OC)c1. The van der Waals surface area contributed by atoms with Crippen molar-refractivity contribution in [3.63, 3.8) is 0 Å². The van der Waals surface area contributed by atoms with Crippen LogP contribution in [0.25, 0.3) is 5.69 Å². The van der Waals surface area contributed by atoms with Crippen molar-refractivity contribution in [2.24, 2.45) is 0 Å². The van der Waals surface area contributed by atoms with Crippen molar-refractivity contribution < 1.29 is 19.4 Å². The number of ether oxygens (including phenoxy) is 2. The van der Waals surface area contributed by atoms with Crippen molar-refractivity contribution >= 4 is 5.97 Å². The summed E-state index contributed by atoms with van der Waals surface area (Å²) in [5, 5.41) is 17.2. The standard InChI is InChI=1S/C15H17N3O4/c1-21-10-6-7-11(12(8-10)22-2)18-14(9-4-3-5-9)13(15(19)20)16-17-18/h6-9H,3-5H2,1-2H3,(H,19,20). The summed E-state index contributed by atoms with van der Waals surface area (Å²) in [4.78, 5) is 11.4. The quantitative estimate of drug-likeness (QED) is 0.911. The van der Waals surface area contributed by atoms with Gasteiger partial charge in [0.2, 0.25) is 0 Å². The summed E-state index contributed by atoms with van der Waals surface area (Å²) in [5.41, 5.74) is 1.31. The van der Waals surface area contributed by atoms with Crippen LogP contribution in [0.5, 0.6) is 11.5 Å². The fraction of sp³-hybridized carbons (Fsp3) is 0.400. The van der Waals surface area contributed by atoms with Gasteiger partial charge in [0.15, 0.2) is 5.69 Å². The van der Waals surface area contributed by atoms with E-state index in [1.165, 1.54) is 0 Å². The third-order valence-electron chi connectivity index (χ3n) is 4.01. The number of hydrogen-bond acceptors (Lipinski definition) is 5. The van der Waals surface area contributed by atoms with E-state index >= 15 is 0 Å². The Morgan fingerprint density at radius 3 is 2.64 bits per heavy atom. The predicted molar refractivity (Wildman–Crippen MR) is 78.0 cm³/mol. The summed E-state index contributed by atoms with van der Waals surface area (Å²) in [6, 6.07) is 5.31. The smallest absolute Gasteiger partial charge is 0.358 e. The highest BCUT2D eigenvalue weighted by atomic mass is 16.5. The molecule has 0 spiro atoms. The van der Waals surface area contributed by atoms with Crippen LogP contribution in [0.1, 0.15) is 41.4 Å². The van der Waals surface area contributed by atoms with E-state index < -0.39 is 5.97 Å². The first-order valence-corrected chi connectivity index (χ1v) is 7.07. The summed E-state index contributed by atoms with van der Waals surface area (Å²) in [7, 11) is 3.13. The molecule has 1 aromatic heterocycles. The summed E-state index contributed by atoms with van der Waals surface area (Å²) in [6.07, 6.45) is 2.99. The van der Waals surface area contributed by atoms with Gasteiger partial charge >= 0.3 is 5.97 Å². The lowest BCUT2D eigenvalue weighted by atomic mass is 9.82. The molecular formula is C15H17N3O4. The lowest BCUT2D eigenvalue weighted by Gasteiger charge is -2.26. The largest absolute Gasteiger partial charge is 0.497 e. The van der Waals surface area contributed by atoms with Crippen molar-refractivity contribution in [1.29, 1.82) is 0 Å². The van der Waals surface area contributed by atoms with Gasteiger partial charge in [-0.15, -0.1) is 5.10 Å². The van der Waals surface area contributed by atoms with Crippen LogP contribution in [0.4, 0.5) is 0 Å². The van der Waals surface area contributed by atoms with Gasteiger partial charge in [0.25, 0.3) is 0 Å². The molecule has 22 heavy (non-hydrogen) atoms. The molecule has 1 aliphatic rings. The van der Waals surface area contributed by atoms with Crippen LogP contribution in [0.2, 0.25) is 0 Å². The number of aromatic carboxylic acids is 1. The number of rotatable bonds is 5. The van der Waals surface area contributed by atoms with Crippen molar-refractivity contribution in [1.82, 2.24) is 15.0 Å². The lowest BCUT2D eigenvalue weighted by molar-refractivity contribution is 0.0687. The van der Waals surface area contributed by atoms with Crippen LogP contribution in [-0.2, 0) is 0 Å². The molecule has 0 aliphatic heterocycles. The first kappa shape index (κ1) is 14.4. The van der Waals surface area contributed by atoms with Gasteiger partial charge in [-0.1, -0.05) is 11.6 Å². The number of benzene rings is 1. The molecule has 3 rings (SSSR count). The highest BCUT2D eigenvalue weighted by Gasteiger charge is 2.31. The molecule has 1 N–H and O–H groups in total. The molecule has 1 aliphatic carbocycles. The van der Waals surface area contributed by atoms with Gasteiger partial charge in [0.1, 0.15) is 17.2 Å². The average molecular weight is 303 g/mol. The van der Waals surface area contributed by atoms with Crippen LogP contribution in [0.15, 0.2) is 18.2 Å². The molecular weight excluding hydrogens is 286 g/mol. The maximum Gasteiger partial charge on any atom is 0.358 e. The first-order chi connectivity index (χ1) is 10.7. The van der Waals surface area contributed by atoms with Gasteiger partial charge in [-0.05, 0) is 25.0 Å². The Labute approximate surface area is 127 Å². The van der Waals surface area contributed by atoms with Gasteiger partial charge in [0, 0.05) is 12.0 Å². The molecule has 7 heteroatoms.